The van der Waals surface area contributed by atoms with Gasteiger partial charge in [0.1, 0.15) is 5.75 Å². The number of hydrogen-bond donors (Lipinski definition) is 3. The molecule has 126 valence electrons. The van der Waals surface area contributed by atoms with Crippen molar-refractivity contribution in [2.24, 2.45) is 0 Å². The van der Waals surface area contributed by atoms with Gasteiger partial charge in [-0.2, -0.15) is 0 Å². The maximum atomic E-state index is 12.0. The third-order valence-corrected chi connectivity index (χ3v) is 4.99. The van der Waals surface area contributed by atoms with Gasteiger partial charge in [0.15, 0.2) is 6.61 Å². The van der Waals surface area contributed by atoms with Crippen LogP contribution in [0.2, 0.25) is 0 Å². The quantitative estimate of drug-likeness (QED) is 0.746. The molecule has 0 aromatic heterocycles. The first-order valence-corrected chi connectivity index (χ1v) is 8.75. The number of aliphatic hydroxyl groups excluding tert-OH is 1. The number of rotatable bonds is 5. The van der Waals surface area contributed by atoms with E-state index in [1.54, 1.807) is 24.3 Å². The average Bonchev–Trinajstić information content (AvgIpc) is 2.59. The van der Waals surface area contributed by atoms with Crippen LogP contribution in [0, 0.1) is 0 Å². The fraction of sp³-hybridized carbons (Fsp3) is 0.188. The lowest BCUT2D eigenvalue weighted by Crippen LogP contribution is -2.26. The van der Waals surface area contributed by atoms with Crippen LogP contribution in [0.25, 0.3) is 11.1 Å². The molecule has 0 bridgehead atoms. The van der Waals surface area contributed by atoms with Crippen LogP contribution in [0.1, 0.15) is 0 Å². The number of aliphatic hydroxyl groups is 1. The highest BCUT2D eigenvalue weighted by Crippen LogP contribution is 2.33. The first kappa shape index (κ1) is 16.4. The highest BCUT2D eigenvalue weighted by molar-refractivity contribution is 7.89. The normalized spacial score (nSPS) is 13.8. The van der Waals surface area contributed by atoms with Crippen molar-refractivity contribution < 1.29 is 23.1 Å². The third-order valence-electron chi connectivity index (χ3n) is 3.52. The Hall–Kier alpha value is -2.42. The first-order valence-electron chi connectivity index (χ1n) is 7.27. The summed E-state index contributed by atoms with van der Waals surface area (Å²) in [5.41, 5.74) is 2.28. The summed E-state index contributed by atoms with van der Waals surface area (Å²) in [6, 6.07) is 11.7. The highest BCUT2D eigenvalue weighted by Gasteiger charge is 2.17. The molecule has 8 heteroatoms. The minimum absolute atomic E-state index is 0.0236. The van der Waals surface area contributed by atoms with Crippen molar-refractivity contribution in [3.8, 4) is 16.9 Å². The molecular weight excluding hydrogens is 332 g/mol. The average molecular weight is 348 g/mol. The van der Waals surface area contributed by atoms with E-state index in [-0.39, 0.29) is 30.6 Å². The topological polar surface area (TPSA) is 105 Å². The van der Waals surface area contributed by atoms with Crippen LogP contribution < -0.4 is 14.8 Å². The van der Waals surface area contributed by atoms with Crippen molar-refractivity contribution in [3.05, 3.63) is 42.5 Å². The molecule has 0 radical (unpaired) electrons. The summed E-state index contributed by atoms with van der Waals surface area (Å²) in [5.74, 6) is 0.383. The van der Waals surface area contributed by atoms with E-state index in [4.69, 9.17) is 9.84 Å². The van der Waals surface area contributed by atoms with E-state index in [0.717, 1.165) is 11.1 Å². The van der Waals surface area contributed by atoms with Crippen LogP contribution in [-0.4, -0.2) is 39.2 Å². The molecule has 2 aromatic rings. The highest BCUT2D eigenvalue weighted by atomic mass is 32.2. The van der Waals surface area contributed by atoms with Crippen LogP contribution in [0.5, 0.6) is 5.75 Å². The number of benzene rings is 2. The molecule has 0 saturated heterocycles. The summed E-state index contributed by atoms with van der Waals surface area (Å²) in [4.78, 5) is 11.4. The Morgan fingerprint density at radius 3 is 2.54 bits per heavy atom. The fourth-order valence-corrected chi connectivity index (χ4v) is 3.37. The van der Waals surface area contributed by atoms with Gasteiger partial charge in [-0.25, -0.2) is 13.1 Å². The number of amides is 1. The van der Waals surface area contributed by atoms with E-state index < -0.39 is 10.0 Å². The summed E-state index contributed by atoms with van der Waals surface area (Å²) in [5, 5.41) is 11.4. The molecule has 0 fully saturated rings. The molecule has 1 aliphatic heterocycles. The minimum atomic E-state index is -3.62. The Morgan fingerprint density at radius 1 is 1.12 bits per heavy atom. The van der Waals surface area contributed by atoms with Gasteiger partial charge in [0, 0.05) is 6.54 Å². The summed E-state index contributed by atoms with van der Waals surface area (Å²) >= 11 is 0. The van der Waals surface area contributed by atoms with E-state index in [1.165, 1.54) is 12.1 Å². The smallest absolute Gasteiger partial charge is 0.262 e. The molecule has 3 N–H and O–H groups in total. The van der Waals surface area contributed by atoms with Gasteiger partial charge in [-0.1, -0.05) is 18.2 Å². The van der Waals surface area contributed by atoms with Gasteiger partial charge < -0.3 is 15.2 Å². The Morgan fingerprint density at radius 2 is 1.83 bits per heavy atom. The van der Waals surface area contributed by atoms with Crippen molar-refractivity contribution in [2.45, 2.75) is 4.90 Å². The van der Waals surface area contributed by atoms with Gasteiger partial charge in [-0.05, 0) is 35.4 Å². The van der Waals surface area contributed by atoms with Crippen molar-refractivity contribution in [1.82, 2.24) is 4.72 Å². The zero-order valence-electron chi connectivity index (χ0n) is 12.7. The number of nitrogens with one attached hydrogen (secondary N) is 2. The number of carbonyl (C=O) groups excluding carboxylic acids is 1. The van der Waals surface area contributed by atoms with Gasteiger partial charge in [0.05, 0.1) is 17.2 Å². The lowest BCUT2D eigenvalue weighted by Gasteiger charge is -2.18. The zero-order chi connectivity index (χ0) is 17.2. The lowest BCUT2D eigenvalue weighted by atomic mass is 10.0. The van der Waals surface area contributed by atoms with Gasteiger partial charge >= 0.3 is 0 Å². The number of carbonyl (C=O) groups is 1. The molecule has 0 unspecified atom stereocenters. The van der Waals surface area contributed by atoms with Gasteiger partial charge in [0.25, 0.3) is 5.91 Å². The molecule has 24 heavy (non-hydrogen) atoms. The lowest BCUT2D eigenvalue weighted by molar-refractivity contribution is -0.118. The summed E-state index contributed by atoms with van der Waals surface area (Å²) in [7, 11) is -3.62. The Bertz CT molecular complexity index is 863. The Labute approximate surface area is 139 Å². The molecule has 7 nitrogen and oxygen atoms in total. The van der Waals surface area contributed by atoms with E-state index >= 15 is 0 Å². The third kappa shape index (κ3) is 3.40. The molecule has 2 aromatic carbocycles. The van der Waals surface area contributed by atoms with Crippen LogP contribution in [0.15, 0.2) is 47.4 Å². The van der Waals surface area contributed by atoms with Crippen molar-refractivity contribution in [2.75, 3.05) is 25.1 Å². The Balaban J connectivity index is 1.85. The standard InChI is InChI=1S/C16H16N2O5S/c19-8-7-17-24(21,22)13-4-1-11(2-5-13)12-3-6-14-15(9-12)23-10-16(20)18-14/h1-6,9,17,19H,7-8,10H2,(H,18,20). The second kappa shape index (κ2) is 6.60. The molecule has 0 aliphatic carbocycles. The zero-order valence-corrected chi connectivity index (χ0v) is 13.5. The van der Waals surface area contributed by atoms with E-state index in [2.05, 4.69) is 10.0 Å². The molecule has 1 aliphatic rings. The van der Waals surface area contributed by atoms with Crippen LogP contribution in [0.3, 0.4) is 0 Å². The predicted octanol–water partition coefficient (Wildman–Crippen LogP) is 0.955. The number of anilines is 1. The first-order chi connectivity index (χ1) is 11.5. The van der Waals surface area contributed by atoms with E-state index in [1.807, 2.05) is 6.07 Å². The summed E-state index contributed by atoms with van der Waals surface area (Å²) < 4.78 is 31.6. The van der Waals surface area contributed by atoms with Crippen LogP contribution in [0.4, 0.5) is 5.69 Å². The van der Waals surface area contributed by atoms with E-state index in [9.17, 15) is 13.2 Å². The van der Waals surface area contributed by atoms with Gasteiger partial charge in [-0.3, -0.25) is 4.79 Å². The van der Waals surface area contributed by atoms with Crippen LogP contribution >= 0.6 is 0 Å². The predicted molar refractivity (Wildman–Crippen MR) is 88.3 cm³/mol. The molecule has 0 saturated carbocycles. The molecular formula is C16H16N2O5S. The molecule has 1 amide bonds. The second-order valence-electron chi connectivity index (χ2n) is 5.19. The molecule has 0 spiro atoms. The number of sulfonamides is 1. The Kier molecular flexibility index (Phi) is 4.52. The van der Waals surface area contributed by atoms with Gasteiger partial charge in [0.2, 0.25) is 10.0 Å². The maximum Gasteiger partial charge on any atom is 0.262 e. The van der Waals surface area contributed by atoms with Crippen molar-refractivity contribution >= 4 is 21.6 Å². The number of fused-ring (bicyclic) bond motifs is 1. The summed E-state index contributed by atoms with van der Waals surface area (Å²) in [6.07, 6.45) is 0. The van der Waals surface area contributed by atoms with Crippen LogP contribution in [-0.2, 0) is 14.8 Å². The van der Waals surface area contributed by atoms with Crippen molar-refractivity contribution in [1.29, 1.82) is 0 Å². The number of ether oxygens (including phenoxy) is 1. The molecule has 1 heterocycles. The SMILES string of the molecule is O=C1COc2cc(-c3ccc(S(=O)(=O)NCCO)cc3)ccc2N1. The minimum Gasteiger partial charge on any atom is -0.482 e. The monoisotopic (exact) mass is 348 g/mol. The number of hydrogen-bond acceptors (Lipinski definition) is 5. The fourth-order valence-electron chi connectivity index (χ4n) is 2.34. The van der Waals surface area contributed by atoms with Crippen molar-refractivity contribution in [3.63, 3.8) is 0 Å². The summed E-state index contributed by atoms with van der Waals surface area (Å²) in [6.45, 7) is -0.314. The maximum absolute atomic E-state index is 12.0. The molecule has 0 atom stereocenters. The second-order valence-corrected chi connectivity index (χ2v) is 6.96. The van der Waals surface area contributed by atoms with Gasteiger partial charge in [-0.15, -0.1) is 0 Å². The van der Waals surface area contributed by atoms with E-state index in [0.29, 0.717) is 11.4 Å². The molecule has 3 rings (SSSR count). The largest absolute Gasteiger partial charge is 0.482 e.